The zero-order valence-corrected chi connectivity index (χ0v) is 15.6. The van der Waals surface area contributed by atoms with Gasteiger partial charge in [-0.25, -0.2) is 4.39 Å². The van der Waals surface area contributed by atoms with Crippen LogP contribution < -0.4 is 4.74 Å². The van der Waals surface area contributed by atoms with E-state index >= 15 is 0 Å². The van der Waals surface area contributed by atoms with Gasteiger partial charge in [-0.3, -0.25) is 4.90 Å². The Hall–Kier alpha value is -2.16. The first-order chi connectivity index (χ1) is 13.9. The minimum absolute atomic E-state index is 0.164. The second kappa shape index (κ2) is 8.30. The van der Waals surface area contributed by atoms with E-state index in [-0.39, 0.29) is 24.1 Å². The van der Waals surface area contributed by atoms with Gasteiger partial charge in [0.15, 0.2) is 0 Å². The maximum atomic E-state index is 13.0. The number of hydrogen-bond donors (Lipinski definition) is 0. The number of rotatable bonds is 4. The molecule has 2 aromatic rings. The maximum absolute atomic E-state index is 13.0. The predicted octanol–water partition coefficient (Wildman–Crippen LogP) is 3.89. The lowest BCUT2D eigenvalue weighted by Gasteiger charge is -2.20. The number of fused-ring (bicyclic) bond motifs is 1. The minimum Gasteiger partial charge on any atom is -0.486 e. The molecule has 0 bridgehead atoms. The molecule has 2 heterocycles. The summed E-state index contributed by atoms with van der Waals surface area (Å²) in [4.78, 5) is 2.03. The van der Waals surface area contributed by atoms with Crippen LogP contribution in [0.1, 0.15) is 11.1 Å². The van der Waals surface area contributed by atoms with Gasteiger partial charge in [-0.15, -0.1) is 0 Å². The molecule has 0 N–H and O–H groups in total. The number of likely N-dealkylation sites (tertiary alicyclic amines) is 1. The molecule has 2 fully saturated rings. The van der Waals surface area contributed by atoms with Crippen LogP contribution in [-0.2, 0) is 22.2 Å². The second-order valence-corrected chi connectivity index (χ2v) is 7.33. The SMILES string of the molecule is Fc1ccc(OC2CO[C@H]3CN(Cc4cccc(C(F)(F)F)c4)C[C@@H]3OC2)cc1. The fourth-order valence-electron chi connectivity index (χ4n) is 3.66. The van der Waals surface area contributed by atoms with Gasteiger partial charge in [-0.1, -0.05) is 18.2 Å². The molecule has 0 saturated carbocycles. The first-order valence-corrected chi connectivity index (χ1v) is 9.41. The van der Waals surface area contributed by atoms with E-state index in [0.29, 0.717) is 44.2 Å². The van der Waals surface area contributed by atoms with Crippen molar-refractivity contribution in [1.82, 2.24) is 4.90 Å². The van der Waals surface area contributed by atoms with E-state index in [1.165, 1.54) is 24.3 Å². The average Bonchev–Trinajstić information content (AvgIpc) is 2.97. The van der Waals surface area contributed by atoms with Crippen LogP contribution in [0.2, 0.25) is 0 Å². The van der Waals surface area contributed by atoms with Crippen molar-refractivity contribution in [3.8, 4) is 5.75 Å². The number of nitrogens with zero attached hydrogens (tertiary/aromatic N) is 1. The van der Waals surface area contributed by atoms with Crippen LogP contribution in [0, 0.1) is 5.82 Å². The Bertz CT molecular complexity index is 811. The standard InChI is InChI=1S/C21H21F4NO3/c22-16-4-6-17(7-5-16)29-18-12-27-19-10-26(11-20(19)28-13-18)9-14-2-1-3-15(8-14)21(23,24)25/h1-8,18-20H,9-13H2/t19-,20-/m0/s1. The molecular formula is C21H21F4NO3. The molecule has 8 heteroatoms. The number of halogens is 4. The average molecular weight is 411 g/mol. The summed E-state index contributed by atoms with van der Waals surface area (Å²) < 4.78 is 69.3. The normalized spacial score (nSPS) is 23.6. The largest absolute Gasteiger partial charge is 0.486 e. The van der Waals surface area contributed by atoms with Crippen molar-refractivity contribution in [3.63, 3.8) is 0 Å². The Kier molecular flexibility index (Phi) is 5.76. The Labute approximate surface area is 166 Å². The molecule has 29 heavy (non-hydrogen) atoms. The molecule has 4 nitrogen and oxygen atoms in total. The van der Waals surface area contributed by atoms with E-state index in [0.717, 1.165) is 6.07 Å². The fourth-order valence-corrected chi connectivity index (χ4v) is 3.66. The van der Waals surface area contributed by atoms with Crippen molar-refractivity contribution >= 4 is 0 Å². The van der Waals surface area contributed by atoms with Crippen LogP contribution in [0.5, 0.6) is 5.75 Å². The lowest BCUT2D eigenvalue weighted by Crippen LogP contribution is -2.29. The molecule has 0 amide bonds. The van der Waals surface area contributed by atoms with Crippen LogP contribution in [0.4, 0.5) is 17.6 Å². The maximum Gasteiger partial charge on any atom is 0.416 e. The van der Waals surface area contributed by atoms with Crippen LogP contribution in [0.3, 0.4) is 0 Å². The van der Waals surface area contributed by atoms with E-state index in [1.54, 1.807) is 18.2 Å². The molecule has 2 saturated heterocycles. The zero-order chi connectivity index (χ0) is 20.4. The molecule has 2 atom stereocenters. The molecule has 0 unspecified atom stereocenters. The summed E-state index contributed by atoms with van der Waals surface area (Å²) in [6.45, 7) is 2.21. The molecule has 4 rings (SSSR count). The van der Waals surface area contributed by atoms with Gasteiger partial charge >= 0.3 is 6.18 Å². The Morgan fingerprint density at radius 2 is 1.62 bits per heavy atom. The molecule has 2 aromatic carbocycles. The summed E-state index contributed by atoms with van der Waals surface area (Å²) in [6.07, 6.45) is -4.98. The Morgan fingerprint density at radius 3 is 2.24 bits per heavy atom. The van der Waals surface area contributed by atoms with Gasteiger partial charge in [-0.2, -0.15) is 13.2 Å². The molecular weight excluding hydrogens is 390 g/mol. The third-order valence-corrected chi connectivity index (χ3v) is 5.06. The molecule has 0 aliphatic carbocycles. The van der Waals surface area contributed by atoms with Crippen LogP contribution in [0.15, 0.2) is 48.5 Å². The highest BCUT2D eigenvalue weighted by molar-refractivity contribution is 5.26. The van der Waals surface area contributed by atoms with Gasteiger partial charge in [0.2, 0.25) is 0 Å². The fraction of sp³-hybridized carbons (Fsp3) is 0.429. The third kappa shape index (κ3) is 5.07. The zero-order valence-electron chi connectivity index (χ0n) is 15.6. The van der Waals surface area contributed by atoms with Crippen molar-refractivity contribution in [2.45, 2.75) is 31.0 Å². The molecule has 0 spiro atoms. The number of hydrogen-bond acceptors (Lipinski definition) is 4. The highest BCUT2D eigenvalue weighted by Gasteiger charge is 2.38. The Balaban J connectivity index is 1.31. The lowest BCUT2D eigenvalue weighted by molar-refractivity contribution is -0.137. The van der Waals surface area contributed by atoms with E-state index in [9.17, 15) is 17.6 Å². The highest BCUT2D eigenvalue weighted by atomic mass is 19.4. The number of benzene rings is 2. The third-order valence-electron chi connectivity index (χ3n) is 5.06. The smallest absolute Gasteiger partial charge is 0.416 e. The summed E-state index contributed by atoms with van der Waals surface area (Å²) in [5.74, 6) is 0.211. The Morgan fingerprint density at radius 1 is 0.966 bits per heavy atom. The summed E-state index contributed by atoms with van der Waals surface area (Å²) in [5.41, 5.74) is -0.0366. The van der Waals surface area contributed by atoms with Crippen molar-refractivity contribution in [2.24, 2.45) is 0 Å². The first kappa shape index (κ1) is 20.1. The second-order valence-electron chi connectivity index (χ2n) is 7.33. The van der Waals surface area contributed by atoms with Crippen molar-refractivity contribution < 1.29 is 31.8 Å². The monoisotopic (exact) mass is 411 g/mol. The first-order valence-electron chi connectivity index (χ1n) is 9.41. The van der Waals surface area contributed by atoms with Crippen LogP contribution in [-0.4, -0.2) is 49.5 Å². The van der Waals surface area contributed by atoms with E-state index in [2.05, 4.69) is 0 Å². The van der Waals surface area contributed by atoms with E-state index in [4.69, 9.17) is 14.2 Å². The molecule has 2 aliphatic rings. The van der Waals surface area contributed by atoms with Gasteiger partial charge in [0.05, 0.1) is 31.0 Å². The summed E-state index contributed by atoms with van der Waals surface area (Å²) >= 11 is 0. The molecule has 156 valence electrons. The van der Waals surface area contributed by atoms with Crippen molar-refractivity contribution in [1.29, 1.82) is 0 Å². The predicted molar refractivity (Wildman–Crippen MR) is 97.0 cm³/mol. The van der Waals surface area contributed by atoms with Gasteiger partial charge in [0.1, 0.15) is 17.7 Å². The molecule has 2 aliphatic heterocycles. The highest BCUT2D eigenvalue weighted by Crippen LogP contribution is 2.30. The lowest BCUT2D eigenvalue weighted by atomic mass is 10.1. The van der Waals surface area contributed by atoms with Crippen LogP contribution in [0.25, 0.3) is 0 Å². The number of ether oxygens (including phenoxy) is 3. The van der Waals surface area contributed by atoms with Crippen molar-refractivity contribution in [3.05, 3.63) is 65.5 Å². The molecule has 0 radical (unpaired) electrons. The van der Waals surface area contributed by atoms with Gasteiger partial charge in [0, 0.05) is 19.6 Å². The summed E-state index contributed by atoms with van der Waals surface area (Å²) in [6, 6.07) is 11.1. The summed E-state index contributed by atoms with van der Waals surface area (Å²) in [5, 5.41) is 0. The molecule has 0 aromatic heterocycles. The van der Waals surface area contributed by atoms with Gasteiger partial charge in [-0.05, 0) is 35.9 Å². The van der Waals surface area contributed by atoms with Gasteiger partial charge < -0.3 is 14.2 Å². The van der Waals surface area contributed by atoms with Gasteiger partial charge in [0.25, 0.3) is 0 Å². The summed E-state index contributed by atoms with van der Waals surface area (Å²) in [7, 11) is 0. The van der Waals surface area contributed by atoms with E-state index in [1.807, 2.05) is 4.90 Å². The van der Waals surface area contributed by atoms with Crippen LogP contribution >= 0.6 is 0 Å². The minimum atomic E-state index is -4.35. The van der Waals surface area contributed by atoms with Crippen molar-refractivity contribution in [2.75, 3.05) is 26.3 Å². The van der Waals surface area contributed by atoms with E-state index < -0.39 is 11.7 Å². The quantitative estimate of drug-likeness (QED) is 0.715. The number of alkyl halides is 3. The topological polar surface area (TPSA) is 30.9 Å².